The topological polar surface area (TPSA) is 52.7 Å². The third-order valence-corrected chi connectivity index (χ3v) is 4.09. The molecule has 5 nitrogen and oxygen atoms in total. The number of rotatable bonds is 6. The maximum absolute atomic E-state index is 11.7. The highest BCUT2D eigenvalue weighted by Gasteiger charge is 2.24. The SMILES string of the molecule is CN(C)CCCNS(=O)(=O)N1CCCC1. The van der Waals surface area contributed by atoms with E-state index in [0.717, 1.165) is 25.8 Å². The lowest BCUT2D eigenvalue weighted by molar-refractivity contribution is 0.397. The van der Waals surface area contributed by atoms with Crippen LogP contribution in [-0.4, -0.2) is 57.9 Å². The van der Waals surface area contributed by atoms with Crippen LogP contribution in [0, 0.1) is 0 Å². The minimum Gasteiger partial charge on any atom is -0.309 e. The van der Waals surface area contributed by atoms with Crippen LogP contribution in [0.25, 0.3) is 0 Å². The van der Waals surface area contributed by atoms with Crippen LogP contribution in [0.2, 0.25) is 0 Å². The predicted molar refractivity (Wildman–Crippen MR) is 60.9 cm³/mol. The van der Waals surface area contributed by atoms with E-state index in [0.29, 0.717) is 19.6 Å². The van der Waals surface area contributed by atoms with E-state index in [1.807, 2.05) is 19.0 Å². The van der Waals surface area contributed by atoms with E-state index in [9.17, 15) is 8.42 Å². The second-order valence-corrected chi connectivity index (χ2v) is 5.92. The fourth-order valence-corrected chi connectivity index (χ4v) is 2.94. The molecule has 1 heterocycles. The largest absolute Gasteiger partial charge is 0.309 e. The van der Waals surface area contributed by atoms with Crippen molar-refractivity contribution >= 4 is 10.2 Å². The van der Waals surface area contributed by atoms with Gasteiger partial charge >= 0.3 is 0 Å². The van der Waals surface area contributed by atoms with Crippen molar-refractivity contribution in [2.24, 2.45) is 0 Å². The summed E-state index contributed by atoms with van der Waals surface area (Å²) in [4.78, 5) is 2.05. The molecule has 1 aliphatic heterocycles. The Morgan fingerprint density at radius 2 is 1.87 bits per heavy atom. The summed E-state index contributed by atoms with van der Waals surface area (Å²) in [6, 6.07) is 0. The average molecular weight is 235 g/mol. The normalized spacial score (nSPS) is 18.9. The molecule has 0 aromatic heterocycles. The van der Waals surface area contributed by atoms with Crippen molar-refractivity contribution in [3.8, 4) is 0 Å². The van der Waals surface area contributed by atoms with Crippen LogP contribution in [0.15, 0.2) is 0 Å². The second-order valence-electron chi connectivity index (χ2n) is 4.16. The Morgan fingerprint density at radius 1 is 1.27 bits per heavy atom. The van der Waals surface area contributed by atoms with Gasteiger partial charge in [0.25, 0.3) is 10.2 Å². The van der Waals surface area contributed by atoms with E-state index in [-0.39, 0.29) is 0 Å². The molecule has 0 spiro atoms. The maximum atomic E-state index is 11.7. The molecule has 0 amide bonds. The first kappa shape index (κ1) is 12.9. The number of nitrogens with one attached hydrogen (secondary N) is 1. The van der Waals surface area contributed by atoms with Gasteiger partial charge in [-0.1, -0.05) is 0 Å². The Kier molecular flexibility index (Phi) is 4.98. The minimum atomic E-state index is -3.19. The summed E-state index contributed by atoms with van der Waals surface area (Å²) < 4.78 is 27.5. The molecule has 0 saturated carbocycles. The van der Waals surface area contributed by atoms with Gasteiger partial charge in [-0.05, 0) is 39.9 Å². The average Bonchev–Trinajstić information content (AvgIpc) is 2.65. The molecular formula is C9H21N3O2S. The van der Waals surface area contributed by atoms with Gasteiger partial charge < -0.3 is 4.90 Å². The van der Waals surface area contributed by atoms with Crippen molar-refractivity contribution in [1.82, 2.24) is 13.9 Å². The Bertz CT molecular complexity index is 271. The summed E-state index contributed by atoms with van der Waals surface area (Å²) in [5.74, 6) is 0. The summed E-state index contributed by atoms with van der Waals surface area (Å²) in [5, 5.41) is 0. The Morgan fingerprint density at radius 3 is 2.40 bits per heavy atom. The van der Waals surface area contributed by atoms with Crippen molar-refractivity contribution in [1.29, 1.82) is 0 Å². The lowest BCUT2D eigenvalue weighted by atomic mass is 10.4. The van der Waals surface area contributed by atoms with Crippen LogP contribution in [0.1, 0.15) is 19.3 Å². The van der Waals surface area contributed by atoms with Crippen molar-refractivity contribution in [3.63, 3.8) is 0 Å². The molecule has 1 fully saturated rings. The molecule has 1 saturated heterocycles. The molecule has 0 atom stereocenters. The van der Waals surface area contributed by atoms with Gasteiger partial charge in [-0.25, -0.2) is 4.72 Å². The molecule has 1 N–H and O–H groups in total. The first-order valence-corrected chi connectivity index (χ1v) is 6.86. The Balaban J connectivity index is 2.24. The van der Waals surface area contributed by atoms with Gasteiger partial charge in [0.2, 0.25) is 0 Å². The zero-order chi connectivity index (χ0) is 11.3. The maximum Gasteiger partial charge on any atom is 0.279 e. The van der Waals surface area contributed by atoms with Crippen molar-refractivity contribution in [2.75, 3.05) is 40.3 Å². The quantitative estimate of drug-likeness (QED) is 0.652. The van der Waals surface area contributed by atoms with Crippen LogP contribution in [0.5, 0.6) is 0 Å². The highest BCUT2D eigenvalue weighted by Crippen LogP contribution is 2.10. The molecule has 0 bridgehead atoms. The van der Waals surface area contributed by atoms with Crippen LogP contribution < -0.4 is 4.72 Å². The number of hydrogen-bond acceptors (Lipinski definition) is 3. The van der Waals surface area contributed by atoms with Crippen LogP contribution in [-0.2, 0) is 10.2 Å². The van der Waals surface area contributed by atoms with E-state index >= 15 is 0 Å². The summed E-state index contributed by atoms with van der Waals surface area (Å²) in [7, 11) is 0.769. The molecule has 0 aromatic rings. The third-order valence-electron chi connectivity index (χ3n) is 2.47. The van der Waals surface area contributed by atoms with Crippen molar-refractivity contribution < 1.29 is 8.42 Å². The lowest BCUT2D eigenvalue weighted by Gasteiger charge is -2.16. The van der Waals surface area contributed by atoms with E-state index in [2.05, 4.69) is 4.72 Å². The molecule has 15 heavy (non-hydrogen) atoms. The fraction of sp³-hybridized carbons (Fsp3) is 1.00. The van der Waals surface area contributed by atoms with Crippen LogP contribution >= 0.6 is 0 Å². The third kappa shape index (κ3) is 4.46. The van der Waals surface area contributed by atoms with Crippen LogP contribution in [0.4, 0.5) is 0 Å². The summed E-state index contributed by atoms with van der Waals surface area (Å²) in [6.45, 7) is 2.77. The molecule has 1 rings (SSSR count). The molecule has 0 unspecified atom stereocenters. The van der Waals surface area contributed by atoms with Gasteiger partial charge in [0.15, 0.2) is 0 Å². The summed E-state index contributed by atoms with van der Waals surface area (Å²) in [6.07, 6.45) is 2.82. The Labute approximate surface area is 92.6 Å². The molecule has 0 radical (unpaired) electrons. The first-order valence-electron chi connectivity index (χ1n) is 5.42. The van der Waals surface area contributed by atoms with Gasteiger partial charge in [0, 0.05) is 19.6 Å². The van der Waals surface area contributed by atoms with Gasteiger partial charge in [-0.3, -0.25) is 0 Å². The van der Waals surface area contributed by atoms with Gasteiger partial charge in [-0.15, -0.1) is 0 Å². The van der Waals surface area contributed by atoms with Gasteiger partial charge in [0.1, 0.15) is 0 Å². The van der Waals surface area contributed by atoms with E-state index in [4.69, 9.17) is 0 Å². The van der Waals surface area contributed by atoms with Crippen molar-refractivity contribution in [3.05, 3.63) is 0 Å². The van der Waals surface area contributed by atoms with Gasteiger partial charge in [-0.2, -0.15) is 12.7 Å². The smallest absolute Gasteiger partial charge is 0.279 e. The van der Waals surface area contributed by atoms with Crippen molar-refractivity contribution in [2.45, 2.75) is 19.3 Å². The highest BCUT2D eigenvalue weighted by atomic mass is 32.2. The molecule has 1 aliphatic rings. The summed E-state index contributed by atoms with van der Waals surface area (Å²) in [5.41, 5.74) is 0. The second kappa shape index (κ2) is 5.79. The highest BCUT2D eigenvalue weighted by molar-refractivity contribution is 7.87. The van der Waals surface area contributed by atoms with Gasteiger partial charge in [0.05, 0.1) is 0 Å². The molecule has 0 aromatic carbocycles. The van der Waals surface area contributed by atoms with E-state index < -0.39 is 10.2 Å². The molecule has 0 aliphatic carbocycles. The van der Waals surface area contributed by atoms with Crippen LogP contribution in [0.3, 0.4) is 0 Å². The van der Waals surface area contributed by atoms with E-state index in [1.165, 1.54) is 4.31 Å². The lowest BCUT2D eigenvalue weighted by Crippen LogP contribution is -2.39. The minimum absolute atomic E-state index is 0.525. The first-order chi connectivity index (χ1) is 7.02. The molecule has 90 valence electrons. The van der Waals surface area contributed by atoms with E-state index in [1.54, 1.807) is 0 Å². The molecular weight excluding hydrogens is 214 g/mol. The summed E-state index contributed by atoms with van der Waals surface area (Å²) >= 11 is 0. The number of hydrogen-bond donors (Lipinski definition) is 1. The zero-order valence-electron chi connectivity index (χ0n) is 9.57. The monoisotopic (exact) mass is 235 g/mol. The standard InChI is InChI=1S/C9H21N3O2S/c1-11(2)7-5-6-10-15(13,14)12-8-3-4-9-12/h10H,3-9H2,1-2H3. The molecule has 6 heteroatoms. The fourth-order valence-electron chi connectivity index (χ4n) is 1.62. The Hall–Kier alpha value is -0.170. The number of nitrogens with zero attached hydrogens (tertiary/aromatic N) is 2. The predicted octanol–water partition coefficient (Wildman–Crippen LogP) is -0.132. The zero-order valence-corrected chi connectivity index (χ0v) is 10.4.